The summed E-state index contributed by atoms with van der Waals surface area (Å²) in [6.07, 6.45) is 6.10. The van der Waals surface area contributed by atoms with E-state index >= 15 is 0 Å². The SMILES string of the molecule is CN(Cc1cnn(C)c1)C(=O)[C@@H](N)Cc1c[nH]c2ccccc12. The molecule has 0 fully saturated rings. The minimum absolute atomic E-state index is 0.0702. The van der Waals surface area contributed by atoms with Gasteiger partial charge in [0.1, 0.15) is 0 Å². The highest BCUT2D eigenvalue weighted by Crippen LogP contribution is 2.19. The summed E-state index contributed by atoms with van der Waals surface area (Å²) >= 11 is 0. The summed E-state index contributed by atoms with van der Waals surface area (Å²) in [5, 5.41) is 5.23. The van der Waals surface area contributed by atoms with Crippen LogP contribution in [0.1, 0.15) is 11.1 Å². The average molecular weight is 311 g/mol. The number of aromatic nitrogens is 3. The van der Waals surface area contributed by atoms with E-state index in [2.05, 4.69) is 10.1 Å². The van der Waals surface area contributed by atoms with Gasteiger partial charge in [0.15, 0.2) is 0 Å². The van der Waals surface area contributed by atoms with Crippen LogP contribution in [0, 0.1) is 0 Å². The van der Waals surface area contributed by atoms with Crippen molar-refractivity contribution in [3.8, 4) is 0 Å². The highest BCUT2D eigenvalue weighted by atomic mass is 16.2. The minimum atomic E-state index is -0.559. The molecule has 0 spiro atoms. The zero-order chi connectivity index (χ0) is 16.4. The fourth-order valence-corrected chi connectivity index (χ4v) is 2.81. The second-order valence-electron chi connectivity index (χ2n) is 5.89. The summed E-state index contributed by atoms with van der Waals surface area (Å²) in [7, 11) is 3.62. The number of benzene rings is 1. The Balaban J connectivity index is 1.67. The zero-order valence-corrected chi connectivity index (χ0v) is 13.4. The van der Waals surface area contributed by atoms with Crippen molar-refractivity contribution in [3.63, 3.8) is 0 Å². The van der Waals surface area contributed by atoms with Crippen LogP contribution in [0.4, 0.5) is 0 Å². The Labute approximate surface area is 134 Å². The molecule has 2 heterocycles. The summed E-state index contributed by atoms with van der Waals surface area (Å²) in [5.41, 5.74) is 9.25. The second kappa shape index (κ2) is 6.26. The van der Waals surface area contributed by atoms with E-state index in [1.807, 2.05) is 43.7 Å². The fraction of sp³-hybridized carbons (Fsp3) is 0.294. The van der Waals surface area contributed by atoms with E-state index in [0.717, 1.165) is 22.0 Å². The molecule has 1 aromatic carbocycles. The van der Waals surface area contributed by atoms with Crippen LogP contribution < -0.4 is 5.73 Å². The van der Waals surface area contributed by atoms with Gasteiger partial charge in [-0.3, -0.25) is 9.48 Å². The van der Waals surface area contributed by atoms with Crippen molar-refractivity contribution in [3.05, 3.63) is 54.0 Å². The summed E-state index contributed by atoms with van der Waals surface area (Å²) in [4.78, 5) is 17.3. The maximum absolute atomic E-state index is 12.5. The number of hydrogen-bond acceptors (Lipinski definition) is 3. The van der Waals surface area contributed by atoms with Crippen LogP contribution in [0.2, 0.25) is 0 Å². The molecule has 3 aromatic rings. The number of hydrogen-bond donors (Lipinski definition) is 2. The van der Waals surface area contributed by atoms with E-state index in [1.165, 1.54) is 0 Å². The molecule has 0 unspecified atom stereocenters. The number of carbonyl (C=O) groups is 1. The number of aromatic amines is 1. The predicted octanol–water partition coefficient (Wildman–Crippen LogP) is 1.43. The van der Waals surface area contributed by atoms with Crippen LogP contribution in [-0.4, -0.2) is 38.7 Å². The minimum Gasteiger partial charge on any atom is -0.361 e. The number of nitrogens with two attached hydrogens (primary N) is 1. The molecule has 3 N–H and O–H groups in total. The lowest BCUT2D eigenvalue weighted by atomic mass is 10.0. The molecule has 0 aliphatic heterocycles. The van der Waals surface area contributed by atoms with Gasteiger partial charge in [0.2, 0.25) is 5.91 Å². The molecule has 1 amide bonds. The number of para-hydroxylation sites is 1. The van der Waals surface area contributed by atoms with E-state index in [0.29, 0.717) is 13.0 Å². The van der Waals surface area contributed by atoms with Crippen LogP contribution in [0.15, 0.2) is 42.9 Å². The first-order valence-corrected chi connectivity index (χ1v) is 7.57. The van der Waals surface area contributed by atoms with Gasteiger partial charge < -0.3 is 15.6 Å². The molecule has 0 aliphatic carbocycles. The highest BCUT2D eigenvalue weighted by molar-refractivity contribution is 5.86. The lowest BCUT2D eigenvalue weighted by molar-refractivity contribution is -0.131. The van der Waals surface area contributed by atoms with Crippen molar-refractivity contribution in [2.75, 3.05) is 7.05 Å². The van der Waals surface area contributed by atoms with Crippen molar-refractivity contribution in [1.29, 1.82) is 0 Å². The van der Waals surface area contributed by atoms with Crippen molar-refractivity contribution >= 4 is 16.8 Å². The van der Waals surface area contributed by atoms with E-state index in [4.69, 9.17) is 5.73 Å². The first-order valence-electron chi connectivity index (χ1n) is 7.57. The maximum atomic E-state index is 12.5. The van der Waals surface area contributed by atoms with Gasteiger partial charge in [-0.25, -0.2) is 0 Å². The number of nitrogens with zero attached hydrogens (tertiary/aromatic N) is 3. The Morgan fingerprint density at radius 2 is 2.22 bits per heavy atom. The number of H-pyrrole nitrogens is 1. The number of rotatable bonds is 5. The van der Waals surface area contributed by atoms with Gasteiger partial charge in [0.05, 0.1) is 12.2 Å². The molecular weight excluding hydrogens is 290 g/mol. The third-order valence-corrected chi connectivity index (χ3v) is 3.99. The smallest absolute Gasteiger partial charge is 0.239 e. The number of amides is 1. The van der Waals surface area contributed by atoms with Crippen LogP contribution in [0.5, 0.6) is 0 Å². The fourth-order valence-electron chi connectivity index (χ4n) is 2.81. The van der Waals surface area contributed by atoms with E-state index in [9.17, 15) is 4.79 Å². The van der Waals surface area contributed by atoms with Crippen LogP contribution in [0.25, 0.3) is 10.9 Å². The van der Waals surface area contributed by atoms with Crippen LogP contribution >= 0.6 is 0 Å². The van der Waals surface area contributed by atoms with Gasteiger partial charge in [0, 0.05) is 49.5 Å². The van der Waals surface area contributed by atoms with Crippen LogP contribution in [-0.2, 0) is 24.8 Å². The Morgan fingerprint density at radius 3 is 2.96 bits per heavy atom. The molecule has 3 rings (SSSR count). The number of likely N-dealkylation sites (N-methyl/N-ethyl adjacent to an activating group) is 1. The molecule has 2 aromatic heterocycles. The van der Waals surface area contributed by atoms with Gasteiger partial charge in [0.25, 0.3) is 0 Å². The maximum Gasteiger partial charge on any atom is 0.239 e. The molecule has 23 heavy (non-hydrogen) atoms. The van der Waals surface area contributed by atoms with Gasteiger partial charge in [-0.05, 0) is 18.1 Å². The molecule has 6 nitrogen and oxygen atoms in total. The lowest BCUT2D eigenvalue weighted by Crippen LogP contribution is -2.42. The highest BCUT2D eigenvalue weighted by Gasteiger charge is 2.20. The van der Waals surface area contributed by atoms with Gasteiger partial charge >= 0.3 is 0 Å². The largest absolute Gasteiger partial charge is 0.361 e. The topological polar surface area (TPSA) is 79.9 Å². The molecule has 120 valence electrons. The molecule has 6 heteroatoms. The Morgan fingerprint density at radius 1 is 1.43 bits per heavy atom. The van der Waals surface area contributed by atoms with E-state index in [-0.39, 0.29) is 5.91 Å². The number of nitrogens with one attached hydrogen (secondary N) is 1. The molecule has 0 saturated carbocycles. The van der Waals surface area contributed by atoms with Crippen molar-refractivity contribution in [1.82, 2.24) is 19.7 Å². The van der Waals surface area contributed by atoms with Crippen LogP contribution in [0.3, 0.4) is 0 Å². The molecule has 0 aliphatic rings. The monoisotopic (exact) mass is 311 g/mol. The third kappa shape index (κ3) is 3.27. The van der Waals surface area contributed by atoms with Crippen molar-refractivity contribution < 1.29 is 4.79 Å². The molecule has 0 saturated heterocycles. The number of aryl methyl sites for hydroxylation is 1. The quantitative estimate of drug-likeness (QED) is 0.748. The lowest BCUT2D eigenvalue weighted by Gasteiger charge is -2.20. The first-order chi connectivity index (χ1) is 11.0. The summed E-state index contributed by atoms with van der Waals surface area (Å²) in [5.74, 6) is -0.0702. The van der Waals surface area contributed by atoms with Crippen molar-refractivity contribution in [2.45, 2.75) is 19.0 Å². The Bertz CT molecular complexity index is 819. The van der Waals surface area contributed by atoms with E-state index < -0.39 is 6.04 Å². The standard InChI is InChI=1S/C17H21N5O/c1-21(10-12-8-20-22(2)11-12)17(23)15(18)7-13-9-19-16-6-4-3-5-14(13)16/h3-6,8-9,11,15,19H,7,10,18H2,1-2H3/t15-/m0/s1. The molecule has 0 radical (unpaired) electrons. The van der Waals surface area contributed by atoms with Gasteiger partial charge in [-0.15, -0.1) is 0 Å². The Kier molecular flexibility index (Phi) is 4.16. The Hall–Kier alpha value is -2.60. The second-order valence-corrected chi connectivity index (χ2v) is 5.89. The van der Waals surface area contributed by atoms with Gasteiger partial charge in [-0.1, -0.05) is 18.2 Å². The third-order valence-electron chi connectivity index (χ3n) is 3.99. The normalized spacial score (nSPS) is 12.5. The molecular formula is C17H21N5O. The molecule has 0 bridgehead atoms. The summed E-state index contributed by atoms with van der Waals surface area (Å²) < 4.78 is 1.72. The summed E-state index contributed by atoms with van der Waals surface area (Å²) in [6, 6.07) is 7.46. The van der Waals surface area contributed by atoms with E-state index in [1.54, 1.807) is 22.8 Å². The average Bonchev–Trinajstić information content (AvgIpc) is 3.13. The van der Waals surface area contributed by atoms with Gasteiger partial charge in [-0.2, -0.15) is 5.10 Å². The predicted molar refractivity (Wildman–Crippen MR) is 89.7 cm³/mol. The first kappa shape index (κ1) is 15.3. The summed E-state index contributed by atoms with van der Waals surface area (Å²) in [6.45, 7) is 0.508. The number of fused-ring (bicyclic) bond motifs is 1. The van der Waals surface area contributed by atoms with Crippen molar-refractivity contribution in [2.24, 2.45) is 12.8 Å². The number of carbonyl (C=O) groups excluding carboxylic acids is 1. The zero-order valence-electron chi connectivity index (χ0n) is 13.4. The molecule has 1 atom stereocenters.